The smallest absolute Gasteiger partial charge is 0.243 e. The molecule has 6 nitrogen and oxygen atoms in total. The molecule has 1 aromatic carbocycles. The molecule has 0 bridgehead atoms. The van der Waals surface area contributed by atoms with Gasteiger partial charge in [0.2, 0.25) is 15.9 Å². The van der Waals surface area contributed by atoms with Gasteiger partial charge in [0.1, 0.15) is 0 Å². The van der Waals surface area contributed by atoms with Gasteiger partial charge >= 0.3 is 0 Å². The second kappa shape index (κ2) is 7.63. The number of hydrogen-bond donors (Lipinski definition) is 2. The molecule has 2 rings (SSSR count). The monoisotopic (exact) mass is 353 g/mol. The molecule has 1 aliphatic heterocycles. The number of carbonyl (C=O) groups excluding carboxylic acids is 1. The zero-order valence-corrected chi connectivity index (χ0v) is 15.4. The topological polar surface area (TPSA) is 92.5 Å². The number of nitrogens with two attached hydrogens (primary N) is 1. The number of nitrogens with zero attached hydrogens (tertiary/aromatic N) is 1. The van der Waals surface area contributed by atoms with E-state index in [1.54, 1.807) is 19.1 Å². The predicted octanol–water partition coefficient (Wildman–Crippen LogP) is 2.09. The number of piperidine rings is 1. The van der Waals surface area contributed by atoms with E-state index in [2.05, 4.69) is 5.32 Å². The first-order chi connectivity index (χ1) is 11.2. The average molecular weight is 353 g/mol. The number of nitrogens with one attached hydrogen (secondary N) is 1. The van der Waals surface area contributed by atoms with Crippen LogP contribution in [0.25, 0.3) is 0 Å². The normalized spacial score (nSPS) is 17.7. The molecule has 24 heavy (non-hydrogen) atoms. The summed E-state index contributed by atoms with van der Waals surface area (Å²) < 4.78 is 27.3. The Bertz CT molecular complexity index is 695. The van der Waals surface area contributed by atoms with E-state index < -0.39 is 16.1 Å². The Morgan fingerprint density at radius 3 is 2.42 bits per heavy atom. The van der Waals surface area contributed by atoms with Gasteiger partial charge in [-0.15, -0.1) is 0 Å². The Labute approximate surface area is 144 Å². The van der Waals surface area contributed by atoms with Crippen molar-refractivity contribution >= 4 is 21.6 Å². The Hall–Kier alpha value is -1.44. The first-order valence-corrected chi connectivity index (χ1v) is 9.84. The summed E-state index contributed by atoms with van der Waals surface area (Å²) in [6.45, 7) is 6.60. The second-order valence-electron chi connectivity index (χ2n) is 6.70. The fourth-order valence-electron chi connectivity index (χ4n) is 2.73. The van der Waals surface area contributed by atoms with E-state index in [-0.39, 0.29) is 16.7 Å². The van der Waals surface area contributed by atoms with Crippen molar-refractivity contribution in [1.82, 2.24) is 4.31 Å². The lowest BCUT2D eigenvalue weighted by molar-refractivity contribution is -0.118. The number of rotatable bonds is 5. The van der Waals surface area contributed by atoms with Crippen molar-refractivity contribution in [3.05, 3.63) is 23.8 Å². The van der Waals surface area contributed by atoms with Gasteiger partial charge in [-0.3, -0.25) is 4.79 Å². The van der Waals surface area contributed by atoms with Gasteiger partial charge in [-0.1, -0.05) is 26.3 Å². The molecule has 1 saturated heterocycles. The Balaban J connectivity index is 2.27. The van der Waals surface area contributed by atoms with Crippen LogP contribution in [-0.4, -0.2) is 37.8 Å². The maximum absolute atomic E-state index is 12.9. The second-order valence-corrected chi connectivity index (χ2v) is 8.61. The Kier molecular flexibility index (Phi) is 6.01. The van der Waals surface area contributed by atoms with Gasteiger partial charge in [0.25, 0.3) is 0 Å². The molecule has 0 unspecified atom stereocenters. The fourth-order valence-corrected chi connectivity index (χ4v) is 4.50. The summed E-state index contributed by atoms with van der Waals surface area (Å²) in [4.78, 5) is 12.4. The summed E-state index contributed by atoms with van der Waals surface area (Å²) in [5.41, 5.74) is 6.97. The van der Waals surface area contributed by atoms with Crippen molar-refractivity contribution in [3.63, 3.8) is 0 Å². The van der Waals surface area contributed by atoms with Crippen LogP contribution < -0.4 is 11.1 Å². The molecule has 1 atom stereocenters. The maximum Gasteiger partial charge on any atom is 0.243 e. The average Bonchev–Trinajstić information content (AvgIpc) is 2.56. The van der Waals surface area contributed by atoms with E-state index >= 15 is 0 Å². The number of sulfonamides is 1. The lowest BCUT2D eigenvalue weighted by atomic mass is 10.0. The summed E-state index contributed by atoms with van der Waals surface area (Å²) in [6, 6.07) is 4.32. The number of anilines is 1. The quantitative estimate of drug-likeness (QED) is 0.848. The highest BCUT2D eigenvalue weighted by Crippen LogP contribution is 2.26. The standard InChI is InChI=1S/C17H27N3O3S/c1-12(2)16(18)17(21)19-14-8-7-13(3)15(11-14)24(22,23)20-9-5-4-6-10-20/h7-8,11-12,16H,4-6,9-10,18H2,1-3H3,(H,19,21)/t16-/m0/s1. The SMILES string of the molecule is Cc1ccc(NC(=O)[C@@H](N)C(C)C)cc1S(=O)(=O)N1CCCCC1. The van der Waals surface area contributed by atoms with Crippen LogP contribution in [0.1, 0.15) is 38.7 Å². The third-order valence-electron chi connectivity index (χ3n) is 4.41. The number of benzene rings is 1. The minimum atomic E-state index is -3.54. The van der Waals surface area contributed by atoms with Crippen molar-refractivity contribution in [2.75, 3.05) is 18.4 Å². The number of carbonyl (C=O) groups is 1. The highest BCUT2D eigenvalue weighted by Gasteiger charge is 2.28. The molecule has 1 aromatic rings. The van der Waals surface area contributed by atoms with Crippen LogP contribution >= 0.6 is 0 Å². The number of hydrogen-bond acceptors (Lipinski definition) is 4. The maximum atomic E-state index is 12.9. The molecule has 0 radical (unpaired) electrons. The number of aryl methyl sites for hydroxylation is 1. The molecule has 1 amide bonds. The third-order valence-corrected chi connectivity index (χ3v) is 6.45. The van der Waals surface area contributed by atoms with Gasteiger partial charge in [0.05, 0.1) is 10.9 Å². The first kappa shape index (κ1) is 18.9. The molecule has 0 aliphatic carbocycles. The van der Waals surface area contributed by atoms with Crippen molar-refractivity contribution < 1.29 is 13.2 Å². The molecular formula is C17H27N3O3S. The van der Waals surface area contributed by atoms with E-state index in [0.29, 0.717) is 24.3 Å². The molecule has 0 aromatic heterocycles. The zero-order chi connectivity index (χ0) is 17.9. The third kappa shape index (κ3) is 4.15. The molecule has 3 N–H and O–H groups in total. The van der Waals surface area contributed by atoms with Crippen molar-refractivity contribution in [2.45, 2.75) is 51.0 Å². The number of amides is 1. The van der Waals surface area contributed by atoms with Crippen LogP contribution in [0.15, 0.2) is 23.1 Å². The summed E-state index contributed by atoms with van der Waals surface area (Å²) in [5, 5.41) is 2.72. The summed E-state index contributed by atoms with van der Waals surface area (Å²) in [5.74, 6) is -0.304. The summed E-state index contributed by atoms with van der Waals surface area (Å²) in [6.07, 6.45) is 2.84. The van der Waals surface area contributed by atoms with Crippen LogP contribution in [0.4, 0.5) is 5.69 Å². The van der Waals surface area contributed by atoms with E-state index in [1.807, 2.05) is 13.8 Å². The van der Waals surface area contributed by atoms with Gasteiger partial charge in [0, 0.05) is 18.8 Å². The highest BCUT2D eigenvalue weighted by atomic mass is 32.2. The Morgan fingerprint density at radius 1 is 1.21 bits per heavy atom. The minimum Gasteiger partial charge on any atom is -0.325 e. The van der Waals surface area contributed by atoms with Gasteiger partial charge in [-0.2, -0.15) is 4.31 Å². The van der Waals surface area contributed by atoms with Crippen molar-refractivity contribution in [1.29, 1.82) is 0 Å². The van der Waals surface area contributed by atoms with Crippen molar-refractivity contribution in [3.8, 4) is 0 Å². The summed E-state index contributed by atoms with van der Waals surface area (Å²) >= 11 is 0. The molecule has 1 aliphatic rings. The minimum absolute atomic E-state index is 0.00648. The van der Waals surface area contributed by atoms with Gasteiger partial charge < -0.3 is 11.1 Å². The lowest BCUT2D eigenvalue weighted by Crippen LogP contribution is -2.39. The highest BCUT2D eigenvalue weighted by molar-refractivity contribution is 7.89. The van der Waals surface area contributed by atoms with Crippen LogP contribution in [0.2, 0.25) is 0 Å². The van der Waals surface area contributed by atoms with Crippen LogP contribution in [0, 0.1) is 12.8 Å². The molecule has 1 heterocycles. The fraction of sp³-hybridized carbons (Fsp3) is 0.588. The van der Waals surface area contributed by atoms with Crippen LogP contribution in [-0.2, 0) is 14.8 Å². The lowest BCUT2D eigenvalue weighted by Gasteiger charge is -2.26. The van der Waals surface area contributed by atoms with Crippen LogP contribution in [0.5, 0.6) is 0 Å². The van der Waals surface area contributed by atoms with E-state index in [9.17, 15) is 13.2 Å². The zero-order valence-electron chi connectivity index (χ0n) is 14.6. The largest absolute Gasteiger partial charge is 0.325 e. The van der Waals surface area contributed by atoms with Gasteiger partial charge in [-0.25, -0.2) is 8.42 Å². The predicted molar refractivity (Wildman–Crippen MR) is 95.2 cm³/mol. The van der Waals surface area contributed by atoms with E-state index in [0.717, 1.165) is 19.3 Å². The molecule has 1 fully saturated rings. The van der Waals surface area contributed by atoms with Gasteiger partial charge in [0.15, 0.2) is 0 Å². The van der Waals surface area contributed by atoms with Crippen LogP contribution in [0.3, 0.4) is 0 Å². The molecule has 0 saturated carbocycles. The van der Waals surface area contributed by atoms with Crippen molar-refractivity contribution in [2.24, 2.45) is 11.7 Å². The van der Waals surface area contributed by atoms with E-state index in [4.69, 9.17) is 5.73 Å². The molecular weight excluding hydrogens is 326 g/mol. The van der Waals surface area contributed by atoms with E-state index in [1.165, 1.54) is 10.4 Å². The molecule has 0 spiro atoms. The summed E-state index contributed by atoms with van der Waals surface area (Å²) in [7, 11) is -3.54. The molecule has 134 valence electrons. The Morgan fingerprint density at radius 2 is 1.83 bits per heavy atom. The molecule has 7 heteroatoms. The van der Waals surface area contributed by atoms with Gasteiger partial charge in [-0.05, 0) is 43.4 Å². The first-order valence-electron chi connectivity index (χ1n) is 8.40.